The summed E-state index contributed by atoms with van der Waals surface area (Å²) in [6.07, 6.45) is -3.65. The third kappa shape index (κ3) is 5.42. The number of aromatic nitrogens is 5. The topological polar surface area (TPSA) is 109 Å². The average Bonchev–Trinajstić information content (AvgIpc) is 3.27. The summed E-state index contributed by atoms with van der Waals surface area (Å²) in [5.74, 6) is -5.42. The fourth-order valence-electron chi connectivity index (χ4n) is 4.27. The molecule has 9 nitrogen and oxygen atoms in total. The standard InChI is InChI=1S/C23H24F5N7O2/c1-12(23(26,27)28)29-19(36)18-30-20(32-21(31-18)37-11-14-10-22(14,24)25)35-8-6-13(7-9-35)17-15-4-2-3-5-16(15)33-34-17/h2-5,12-14H,6-11H2,1H3,(H,29,36)(H,33,34)/t12-,14?/m0/s1. The zero-order valence-corrected chi connectivity index (χ0v) is 19.7. The Kier molecular flexibility index (Phi) is 6.36. The van der Waals surface area contributed by atoms with E-state index in [1.807, 2.05) is 24.3 Å². The van der Waals surface area contributed by atoms with Gasteiger partial charge in [0, 0.05) is 30.8 Å². The zero-order valence-electron chi connectivity index (χ0n) is 19.7. The first-order chi connectivity index (χ1) is 17.5. The lowest BCUT2D eigenvalue weighted by Gasteiger charge is -2.31. The minimum absolute atomic E-state index is 0.0303. The normalized spacial score (nSPS) is 20.6. The Labute approximate surface area is 207 Å². The van der Waals surface area contributed by atoms with Gasteiger partial charge in [-0.15, -0.1) is 0 Å². The molecule has 2 fully saturated rings. The summed E-state index contributed by atoms with van der Waals surface area (Å²) in [6.45, 7) is 1.34. The van der Waals surface area contributed by atoms with Crippen LogP contribution in [0.2, 0.25) is 0 Å². The largest absolute Gasteiger partial charge is 0.463 e. The summed E-state index contributed by atoms with van der Waals surface area (Å²) in [7, 11) is 0. The zero-order chi connectivity index (χ0) is 26.4. The van der Waals surface area contributed by atoms with E-state index in [1.54, 1.807) is 10.2 Å². The molecule has 1 aliphatic heterocycles. The van der Waals surface area contributed by atoms with Crippen LogP contribution in [0.1, 0.15) is 48.4 Å². The number of hydrogen-bond donors (Lipinski definition) is 2. The lowest BCUT2D eigenvalue weighted by molar-refractivity contribution is -0.149. The average molecular weight is 525 g/mol. The van der Waals surface area contributed by atoms with Crippen LogP contribution < -0.4 is 15.0 Å². The molecule has 3 aromatic rings. The van der Waals surface area contributed by atoms with Gasteiger partial charge in [0.2, 0.25) is 11.8 Å². The number of H-pyrrole nitrogens is 1. The van der Waals surface area contributed by atoms with E-state index < -0.39 is 41.8 Å². The van der Waals surface area contributed by atoms with Crippen molar-refractivity contribution >= 4 is 22.8 Å². The Morgan fingerprint density at radius 3 is 2.59 bits per heavy atom. The van der Waals surface area contributed by atoms with Crippen LogP contribution >= 0.6 is 0 Å². The molecule has 2 aliphatic rings. The minimum Gasteiger partial charge on any atom is -0.463 e. The molecule has 37 heavy (non-hydrogen) atoms. The molecule has 198 valence electrons. The Morgan fingerprint density at radius 2 is 1.92 bits per heavy atom. The third-order valence-corrected chi connectivity index (χ3v) is 6.68. The van der Waals surface area contributed by atoms with Crippen LogP contribution in [-0.4, -0.2) is 68.9 Å². The Hall–Kier alpha value is -3.58. The molecule has 1 aromatic carbocycles. The van der Waals surface area contributed by atoms with E-state index in [0.717, 1.165) is 23.5 Å². The van der Waals surface area contributed by atoms with Gasteiger partial charge in [-0.1, -0.05) is 18.2 Å². The summed E-state index contributed by atoms with van der Waals surface area (Å²) in [5, 5.41) is 10.3. The predicted molar refractivity (Wildman–Crippen MR) is 122 cm³/mol. The summed E-state index contributed by atoms with van der Waals surface area (Å²) in [4.78, 5) is 26.3. The number of halogens is 5. The van der Waals surface area contributed by atoms with Crippen molar-refractivity contribution in [2.75, 3.05) is 24.6 Å². The van der Waals surface area contributed by atoms with E-state index in [9.17, 15) is 26.7 Å². The van der Waals surface area contributed by atoms with Gasteiger partial charge in [-0.3, -0.25) is 9.89 Å². The molecule has 1 aliphatic carbocycles. The molecule has 1 amide bonds. The maximum Gasteiger partial charge on any atom is 0.408 e. The molecule has 0 bridgehead atoms. The molecule has 14 heteroatoms. The van der Waals surface area contributed by atoms with Gasteiger partial charge in [-0.25, -0.2) is 8.78 Å². The smallest absolute Gasteiger partial charge is 0.408 e. The monoisotopic (exact) mass is 525 g/mol. The SMILES string of the molecule is C[C@H](NC(=O)c1nc(OCC2CC2(F)F)nc(N2CCC(c3n[nH]c4ccccc34)CC2)n1)C(F)(F)F. The van der Waals surface area contributed by atoms with E-state index in [4.69, 9.17) is 4.74 Å². The molecule has 2 aromatic heterocycles. The van der Waals surface area contributed by atoms with E-state index >= 15 is 0 Å². The number of rotatable bonds is 7. The lowest BCUT2D eigenvalue weighted by Crippen LogP contribution is -2.44. The number of piperidine rings is 1. The van der Waals surface area contributed by atoms with Crippen LogP contribution in [0.4, 0.5) is 27.9 Å². The van der Waals surface area contributed by atoms with Gasteiger partial charge < -0.3 is 15.0 Å². The van der Waals surface area contributed by atoms with Gasteiger partial charge in [0.1, 0.15) is 12.6 Å². The maximum absolute atomic E-state index is 13.3. The number of carbonyl (C=O) groups is 1. The summed E-state index contributed by atoms with van der Waals surface area (Å²) in [5.41, 5.74) is 1.88. The van der Waals surface area contributed by atoms with Crippen molar-refractivity contribution in [3.63, 3.8) is 0 Å². The first-order valence-electron chi connectivity index (χ1n) is 11.8. The van der Waals surface area contributed by atoms with Gasteiger partial charge >= 0.3 is 12.2 Å². The molecule has 2 atom stereocenters. The van der Waals surface area contributed by atoms with Crippen molar-refractivity contribution in [2.24, 2.45) is 5.92 Å². The fraction of sp³-hybridized carbons (Fsp3) is 0.522. The lowest BCUT2D eigenvalue weighted by atomic mass is 9.92. The van der Waals surface area contributed by atoms with Gasteiger partial charge in [-0.2, -0.15) is 33.2 Å². The molecule has 0 spiro atoms. The van der Waals surface area contributed by atoms with Crippen LogP contribution in [0.3, 0.4) is 0 Å². The first-order valence-corrected chi connectivity index (χ1v) is 11.8. The van der Waals surface area contributed by atoms with Crippen LogP contribution in [0.25, 0.3) is 10.9 Å². The van der Waals surface area contributed by atoms with Gasteiger partial charge in [0.05, 0.1) is 17.1 Å². The second-order valence-electron chi connectivity index (χ2n) is 9.37. The maximum atomic E-state index is 13.3. The number of hydrogen-bond acceptors (Lipinski definition) is 7. The van der Waals surface area contributed by atoms with Gasteiger partial charge in [-0.05, 0) is 25.8 Å². The number of anilines is 1. The predicted octanol–water partition coefficient (Wildman–Crippen LogP) is 3.85. The molecular formula is C23H24F5N7O2. The summed E-state index contributed by atoms with van der Waals surface area (Å²) >= 11 is 0. The van der Waals surface area contributed by atoms with Gasteiger partial charge in [0.15, 0.2) is 0 Å². The Balaban J connectivity index is 1.33. The first kappa shape index (κ1) is 25.1. The summed E-state index contributed by atoms with van der Waals surface area (Å²) < 4.78 is 70.6. The van der Waals surface area contributed by atoms with Crippen molar-refractivity contribution in [3.05, 3.63) is 35.8 Å². The molecule has 1 saturated heterocycles. The Bertz CT molecular complexity index is 1290. The van der Waals surface area contributed by atoms with E-state index in [1.165, 1.54) is 0 Å². The molecule has 2 N–H and O–H groups in total. The second kappa shape index (κ2) is 9.38. The highest BCUT2D eigenvalue weighted by Crippen LogP contribution is 2.48. The van der Waals surface area contributed by atoms with Crippen LogP contribution in [-0.2, 0) is 0 Å². The molecular weight excluding hydrogens is 501 g/mol. The van der Waals surface area contributed by atoms with E-state index in [0.29, 0.717) is 25.9 Å². The third-order valence-electron chi connectivity index (χ3n) is 6.68. The minimum atomic E-state index is -4.67. The van der Waals surface area contributed by atoms with E-state index in [-0.39, 0.29) is 24.9 Å². The number of benzene rings is 1. The fourth-order valence-corrected chi connectivity index (χ4v) is 4.27. The molecule has 3 heterocycles. The van der Waals surface area contributed by atoms with Crippen LogP contribution in [0.15, 0.2) is 24.3 Å². The van der Waals surface area contributed by atoms with Crippen LogP contribution in [0.5, 0.6) is 6.01 Å². The van der Waals surface area contributed by atoms with Crippen molar-refractivity contribution in [3.8, 4) is 6.01 Å². The van der Waals surface area contributed by atoms with Crippen molar-refractivity contribution in [2.45, 2.75) is 50.2 Å². The molecule has 1 unspecified atom stereocenters. The molecule has 5 rings (SSSR count). The van der Waals surface area contributed by atoms with Crippen LogP contribution in [0, 0.1) is 5.92 Å². The quantitative estimate of drug-likeness (QED) is 0.451. The van der Waals surface area contributed by atoms with Gasteiger partial charge in [0.25, 0.3) is 11.8 Å². The highest BCUT2D eigenvalue weighted by atomic mass is 19.4. The molecule has 1 saturated carbocycles. The van der Waals surface area contributed by atoms with Crippen molar-refractivity contribution in [1.82, 2.24) is 30.5 Å². The number of aromatic amines is 1. The number of nitrogens with zero attached hydrogens (tertiary/aromatic N) is 5. The number of fused-ring (bicyclic) bond motifs is 1. The van der Waals surface area contributed by atoms with Crippen molar-refractivity contribution < 1.29 is 31.5 Å². The van der Waals surface area contributed by atoms with E-state index in [2.05, 4.69) is 25.1 Å². The number of para-hydroxylation sites is 1. The number of amides is 1. The van der Waals surface area contributed by atoms with Crippen molar-refractivity contribution in [1.29, 1.82) is 0 Å². The number of carbonyl (C=O) groups excluding carboxylic acids is 1. The number of alkyl halides is 5. The Morgan fingerprint density at radius 1 is 1.22 bits per heavy atom. The number of nitrogens with one attached hydrogen (secondary N) is 2. The molecule has 0 radical (unpaired) electrons. The summed E-state index contributed by atoms with van der Waals surface area (Å²) in [6, 6.07) is 5.25. The highest BCUT2D eigenvalue weighted by molar-refractivity contribution is 5.91. The number of ether oxygens (including phenoxy) is 1. The second-order valence-corrected chi connectivity index (χ2v) is 9.37. The highest BCUT2D eigenvalue weighted by Gasteiger charge is 2.57.